The van der Waals surface area contributed by atoms with Crippen molar-refractivity contribution in [1.29, 1.82) is 0 Å². The van der Waals surface area contributed by atoms with Crippen LogP contribution in [-0.2, 0) is 4.79 Å². The Morgan fingerprint density at radius 2 is 2.16 bits per heavy atom. The molecule has 2 aromatic rings. The number of ether oxygens (including phenoxy) is 2. The summed E-state index contributed by atoms with van der Waals surface area (Å²) in [6.45, 7) is 5.26. The molecule has 6 heteroatoms. The van der Waals surface area contributed by atoms with E-state index < -0.39 is 0 Å². The molecular formula is C19H21ClN2O3. The second-order valence-corrected chi connectivity index (χ2v) is 6.33. The maximum atomic E-state index is 12.6. The summed E-state index contributed by atoms with van der Waals surface area (Å²) in [4.78, 5) is 14.5. The van der Waals surface area contributed by atoms with Crippen LogP contribution in [0.1, 0.15) is 13.8 Å². The van der Waals surface area contributed by atoms with Gasteiger partial charge in [0.15, 0.2) is 0 Å². The number of fused-ring (bicyclic) bond motifs is 1. The van der Waals surface area contributed by atoms with Gasteiger partial charge in [0.2, 0.25) is 5.91 Å². The molecule has 1 heterocycles. The molecule has 0 spiro atoms. The molecule has 3 rings (SSSR count). The van der Waals surface area contributed by atoms with Crippen LogP contribution in [0.15, 0.2) is 42.5 Å². The predicted molar refractivity (Wildman–Crippen MR) is 100.0 cm³/mol. The Labute approximate surface area is 152 Å². The topological polar surface area (TPSA) is 50.8 Å². The fraction of sp³-hybridized carbons (Fsp3) is 0.316. The van der Waals surface area contributed by atoms with Crippen molar-refractivity contribution >= 4 is 28.9 Å². The lowest BCUT2D eigenvalue weighted by Crippen LogP contribution is -2.42. The summed E-state index contributed by atoms with van der Waals surface area (Å²) in [6.07, 6.45) is -0.00261. The Kier molecular flexibility index (Phi) is 5.34. The minimum absolute atomic E-state index is 0.00261. The molecule has 1 aliphatic heterocycles. The van der Waals surface area contributed by atoms with Crippen molar-refractivity contribution in [2.24, 2.45) is 0 Å². The Hall–Kier alpha value is -2.40. The summed E-state index contributed by atoms with van der Waals surface area (Å²) in [7, 11) is 0. The molecule has 0 aromatic heterocycles. The normalized spacial score (nSPS) is 16.0. The molecule has 0 radical (unpaired) electrons. The summed E-state index contributed by atoms with van der Waals surface area (Å²) < 4.78 is 11.4. The number of carbonyl (C=O) groups excluding carboxylic acids is 1. The highest BCUT2D eigenvalue weighted by molar-refractivity contribution is 6.31. The summed E-state index contributed by atoms with van der Waals surface area (Å²) in [5.41, 5.74) is 1.50. The largest absolute Gasteiger partial charge is 0.492 e. The number of halogens is 1. The number of amides is 1. The Morgan fingerprint density at radius 3 is 2.96 bits per heavy atom. The predicted octanol–water partition coefficient (Wildman–Crippen LogP) is 3.96. The number of nitrogens with one attached hydrogen (secondary N) is 1. The molecule has 2 aromatic carbocycles. The van der Waals surface area contributed by atoms with Gasteiger partial charge in [-0.15, -0.1) is 0 Å². The lowest BCUT2D eigenvalue weighted by Gasteiger charge is -2.34. The lowest BCUT2D eigenvalue weighted by molar-refractivity contribution is -0.115. The molecule has 1 amide bonds. The highest BCUT2D eigenvalue weighted by atomic mass is 35.5. The van der Waals surface area contributed by atoms with Gasteiger partial charge < -0.3 is 19.7 Å². The second kappa shape index (κ2) is 7.66. The van der Waals surface area contributed by atoms with Gasteiger partial charge in [0.1, 0.15) is 17.6 Å². The van der Waals surface area contributed by atoms with Gasteiger partial charge in [0.25, 0.3) is 0 Å². The zero-order chi connectivity index (χ0) is 17.8. The molecule has 25 heavy (non-hydrogen) atoms. The van der Waals surface area contributed by atoms with Crippen molar-refractivity contribution in [3.05, 3.63) is 47.5 Å². The second-order valence-electron chi connectivity index (χ2n) is 5.90. The van der Waals surface area contributed by atoms with E-state index in [4.69, 9.17) is 21.1 Å². The molecule has 1 aliphatic rings. The Bertz CT molecular complexity index is 766. The average Bonchev–Trinajstić information content (AvgIpc) is 2.57. The number of anilines is 2. The standard InChI is InChI=1S/C19H21ClN2O3/c1-3-24-17-7-5-4-6-15(17)21-19(23)12-22-11-13(2)25-18-9-8-14(20)10-16(18)22/h4-10,13H,3,11-12H2,1-2H3,(H,21,23)/t13-/m0/s1. The van der Waals surface area contributed by atoms with Crippen LogP contribution < -0.4 is 19.7 Å². The summed E-state index contributed by atoms with van der Waals surface area (Å²) in [5.74, 6) is 1.29. The molecule has 0 unspecified atom stereocenters. The van der Waals surface area contributed by atoms with Crippen molar-refractivity contribution in [2.75, 3.05) is 29.9 Å². The first-order valence-corrected chi connectivity index (χ1v) is 8.67. The van der Waals surface area contributed by atoms with E-state index in [9.17, 15) is 4.79 Å². The molecule has 1 atom stereocenters. The van der Waals surface area contributed by atoms with Crippen LogP contribution in [0, 0.1) is 0 Å². The molecule has 0 saturated carbocycles. The third-order valence-electron chi connectivity index (χ3n) is 3.86. The zero-order valence-corrected chi connectivity index (χ0v) is 15.0. The van der Waals surface area contributed by atoms with Gasteiger partial charge in [0.05, 0.1) is 31.1 Å². The molecule has 0 bridgehead atoms. The lowest BCUT2D eigenvalue weighted by atomic mass is 10.2. The smallest absolute Gasteiger partial charge is 0.243 e. The van der Waals surface area contributed by atoms with Gasteiger partial charge in [-0.1, -0.05) is 23.7 Å². The number of para-hydroxylation sites is 2. The highest BCUT2D eigenvalue weighted by Crippen LogP contribution is 2.35. The summed E-state index contributed by atoms with van der Waals surface area (Å²) in [5, 5.41) is 3.54. The SMILES string of the molecule is CCOc1ccccc1NC(=O)CN1C[C@H](C)Oc2ccc(Cl)cc21. The van der Waals surface area contributed by atoms with Crippen LogP contribution in [0.3, 0.4) is 0 Å². The first-order valence-electron chi connectivity index (χ1n) is 8.29. The van der Waals surface area contributed by atoms with Crippen molar-refractivity contribution in [3.63, 3.8) is 0 Å². The number of carbonyl (C=O) groups is 1. The third-order valence-corrected chi connectivity index (χ3v) is 4.10. The summed E-state index contributed by atoms with van der Waals surface area (Å²) in [6, 6.07) is 12.9. The average molecular weight is 361 g/mol. The molecule has 0 aliphatic carbocycles. The number of rotatable bonds is 5. The van der Waals surface area contributed by atoms with E-state index in [0.717, 1.165) is 11.4 Å². The maximum Gasteiger partial charge on any atom is 0.243 e. The van der Waals surface area contributed by atoms with E-state index in [0.29, 0.717) is 29.6 Å². The minimum atomic E-state index is -0.118. The number of nitrogens with zero attached hydrogens (tertiary/aromatic N) is 1. The number of benzene rings is 2. The van der Waals surface area contributed by atoms with Gasteiger partial charge in [0, 0.05) is 5.02 Å². The van der Waals surface area contributed by atoms with E-state index in [1.54, 1.807) is 6.07 Å². The van der Waals surface area contributed by atoms with Crippen molar-refractivity contribution in [1.82, 2.24) is 0 Å². The first-order chi connectivity index (χ1) is 12.1. The van der Waals surface area contributed by atoms with Crippen molar-refractivity contribution in [3.8, 4) is 11.5 Å². The van der Waals surface area contributed by atoms with E-state index in [1.165, 1.54) is 0 Å². The monoisotopic (exact) mass is 360 g/mol. The van der Waals surface area contributed by atoms with Crippen LogP contribution in [0.5, 0.6) is 11.5 Å². The summed E-state index contributed by atoms with van der Waals surface area (Å²) >= 11 is 6.10. The van der Waals surface area contributed by atoms with E-state index in [1.807, 2.05) is 55.1 Å². The fourth-order valence-corrected chi connectivity index (χ4v) is 3.03. The maximum absolute atomic E-state index is 12.6. The van der Waals surface area contributed by atoms with Crippen LogP contribution >= 0.6 is 11.6 Å². The molecule has 5 nitrogen and oxygen atoms in total. The van der Waals surface area contributed by atoms with Gasteiger partial charge in [-0.25, -0.2) is 0 Å². The Morgan fingerprint density at radius 1 is 1.36 bits per heavy atom. The van der Waals surface area contributed by atoms with E-state index >= 15 is 0 Å². The molecule has 1 N–H and O–H groups in total. The first kappa shape index (κ1) is 17.4. The van der Waals surface area contributed by atoms with Crippen molar-refractivity contribution in [2.45, 2.75) is 20.0 Å². The van der Waals surface area contributed by atoms with Gasteiger partial charge in [-0.2, -0.15) is 0 Å². The quantitative estimate of drug-likeness (QED) is 0.876. The Balaban J connectivity index is 1.75. The highest BCUT2D eigenvalue weighted by Gasteiger charge is 2.25. The molecule has 0 saturated heterocycles. The van der Waals surface area contributed by atoms with Crippen LogP contribution in [0.2, 0.25) is 5.02 Å². The van der Waals surface area contributed by atoms with E-state index in [2.05, 4.69) is 5.32 Å². The minimum Gasteiger partial charge on any atom is -0.492 e. The van der Waals surface area contributed by atoms with Crippen LogP contribution in [-0.4, -0.2) is 31.7 Å². The van der Waals surface area contributed by atoms with E-state index in [-0.39, 0.29) is 18.6 Å². The van der Waals surface area contributed by atoms with Gasteiger partial charge in [-0.3, -0.25) is 4.79 Å². The van der Waals surface area contributed by atoms with Crippen LogP contribution in [0.25, 0.3) is 0 Å². The van der Waals surface area contributed by atoms with Crippen LogP contribution in [0.4, 0.5) is 11.4 Å². The zero-order valence-electron chi connectivity index (χ0n) is 14.3. The fourth-order valence-electron chi connectivity index (χ4n) is 2.86. The number of hydrogen-bond donors (Lipinski definition) is 1. The molecule has 132 valence electrons. The molecular weight excluding hydrogens is 340 g/mol. The molecule has 0 fully saturated rings. The third kappa shape index (κ3) is 4.17. The van der Waals surface area contributed by atoms with Gasteiger partial charge >= 0.3 is 0 Å². The van der Waals surface area contributed by atoms with Gasteiger partial charge in [-0.05, 0) is 44.2 Å². The number of hydrogen-bond acceptors (Lipinski definition) is 4. The van der Waals surface area contributed by atoms with Crippen molar-refractivity contribution < 1.29 is 14.3 Å².